The number of rotatable bonds is 8. The number of fused-ring (bicyclic) bond motifs is 2. The van der Waals surface area contributed by atoms with Crippen molar-refractivity contribution in [2.75, 3.05) is 5.32 Å². The molecule has 0 radical (unpaired) electrons. The summed E-state index contributed by atoms with van der Waals surface area (Å²) >= 11 is 1.03. The molecular weight excluding hydrogens is 491 g/mol. The van der Waals surface area contributed by atoms with E-state index in [9.17, 15) is 9.50 Å². The van der Waals surface area contributed by atoms with Gasteiger partial charge in [0.2, 0.25) is 0 Å². The van der Waals surface area contributed by atoms with Gasteiger partial charge in [0.1, 0.15) is 23.1 Å². The summed E-state index contributed by atoms with van der Waals surface area (Å²) in [5, 5.41) is 21.4. The van der Waals surface area contributed by atoms with E-state index < -0.39 is 6.23 Å². The van der Waals surface area contributed by atoms with E-state index >= 15 is 0 Å². The number of aromatic amines is 2. The molecule has 0 spiro atoms. The van der Waals surface area contributed by atoms with Gasteiger partial charge >= 0.3 is 0 Å². The van der Waals surface area contributed by atoms with Gasteiger partial charge in [0.15, 0.2) is 11.0 Å². The van der Waals surface area contributed by atoms with Gasteiger partial charge in [0.25, 0.3) is 0 Å². The first-order chi connectivity index (χ1) is 18.1. The van der Waals surface area contributed by atoms with Crippen LogP contribution in [0.1, 0.15) is 26.2 Å². The summed E-state index contributed by atoms with van der Waals surface area (Å²) in [5.41, 5.74) is 5.67. The standard InChI is InChI=1S/C26H23FN8OS/c1-2-3-4-22(36)31-15-9-14(11-28-12-15)18-10-16-19(13-30-18)34-35-23(16)26-32-17-7-8-29-25(24(17)33-26)20-5-6-21(27)37-20/h5-13,22,31,36H,2-4H2,1H3,(H,32,33)(H,34,35). The highest BCUT2D eigenvalue weighted by Gasteiger charge is 2.18. The van der Waals surface area contributed by atoms with Crippen molar-refractivity contribution < 1.29 is 9.50 Å². The van der Waals surface area contributed by atoms with Crippen molar-refractivity contribution >= 4 is 39.0 Å². The highest BCUT2D eigenvalue weighted by atomic mass is 32.1. The van der Waals surface area contributed by atoms with Crippen LogP contribution in [0.5, 0.6) is 0 Å². The van der Waals surface area contributed by atoms with Crippen molar-refractivity contribution in [1.82, 2.24) is 35.1 Å². The third kappa shape index (κ3) is 4.54. The molecule has 11 heteroatoms. The molecule has 0 amide bonds. The molecule has 0 saturated carbocycles. The van der Waals surface area contributed by atoms with Gasteiger partial charge in [0, 0.05) is 23.3 Å². The quantitative estimate of drug-likeness (QED) is 0.191. The predicted molar refractivity (Wildman–Crippen MR) is 142 cm³/mol. The number of aromatic nitrogens is 7. The van der Waals surface area contributed by atoms with Gasteiger partial charge in [-0.15, -0.1) is 11.3 Å². The van der Waals surface area contributed by atoms with E-state index in [2.05, 4.69) is 42.4 Å². The van der Waals surface area contributed by atoms with Crippen LogP contribution in [0, 0.1) is 5.13 Å². The average molecular weight is 515 g/mol. The zero-order valence-electron chi connectivity index (χ0n) is 19.9. The predicted octanol–water partition coefficient (Wildman–Crippen LogP) is 5.75. The molecule has 4 N–H and O–H groups in total. The fourth-order valence-corrected chi connectivity index (χ4v) is 4.97. The first-order valence-electron chi connectivity index (χ1n) is 11.9. The minimum Gasteiger partial charge on any atom is -0.374 e. The van der Waals surface area contributed by atoms with Crippen LogP contribution < -0.4 is 5.32 Å². The Morgan fingerprint density at radius 2 is 2.00 bits per heavy atom. The fraction of sp³-hybridized carbons (Fsp3) is 0.192. The molecule has 1 atom stereocenters. The van der Waals surface area contributed by atoms with E-state index in [0.717, 1.165) is 51.8 Å². The number of nitrogens with one attached hydrogen (secondary N) is 3. The highest BCUT2D eigenvalue weighted by Crippen LogP contribution is 2.33. The molecule has 6 aromatic rings. The molecule has 186 valence electrons. The largest absolute Gasteiger partial charge is 0.374 e. The van der Waals surface area contributed by atoms with Crippen LogP contribution in [-0.4, -0.2) is 46.5 Å². The second-order valence-corrected chi connectivity index (χ2v) is 9.73. The lowest BCUT2D eigenvalue weighted by atomic mass is 10.1. The van der Waals surface area contributed by atoms with Crippen LogP contribution in [0.4, 0.5) is 10.1 Å². The third-order valence-electron chi connectivity index (χ3n) is 6.08. The van der Waals surface area contributed by atoms with E-state index in [1.807, 2.05) is 18.2 Å². The number of H-pyrrole nitrogens is 2. The summed E-state index contributed by atoms with van der Waals surface area (Å²) in [6.07, 6.45) is 8.80. The number of hydrogen-bond donors (Lipinski definition) is 4. The summed E-state index contributed by atoms with van der Waals surface area (Å²) in [4.78, 5) is 22.1. The number of hydrogen-bond acceptors (Lipinski definition) is 8. The number of anilines is 1. The minimum atomic E-state index is -0.633. The topological polar surface area (TPSA) is 128 Å². The molecule has 0 aliphatic heterocycles. The van der Waals surface area contributed by atoms with Crippen molar-refractivity contribution in [3.8, 4) is 33.3 Å². The summed E-state index contributed by atoms with van der Waals surface area (Å²) in [6, 6.07) is 8.81. The van der Waals surface area contributed by atoms with Crippen LogP contribution in [-0.2, 0) is 0 Å². The number of unbranched alkanes of at least 4 members (excludes halogenated alkanes) is 1. The fourth-order valence-electron chi connectivity index (χ4n) is 4.25. The molecule has 0 fully saturated rings. The number of halogens is 1. The Hall–Kier alpha value is -4.22. The van der Waals surface area contributed by atoms with E-state index in [1.165, 1.54) is 6.07 Å². The molecule has 0 bridgehead atoms. The maximum atomic E-state index is 13.7. The van der Waals surface area contributed by atoms with Crippen molar-refractivity contribution in [2.24, 2.45) is 0 Å². The minimum absolute atomic E-state index is 0.271. The van der Waals surface area contributed by atoms with Gasteiger partial charge in [-0.05, 0) is 43.2 Å². The molecule has 6 heterocycles. The number of imidazole rings is 1. The van der Waals surface area contributed by atoms with Gasteiger partial charge < -0.3 is 15.4 Å². The smallest absolute Gasteiger partial charge is 0.177 e. The normalized spacial score (nSPS) is 12.4. The molecule has 9 nitrogen and oxygen atoms in total. The number of aliphatic hydroxyl groups excluding tert-OH is 1. The summed E-state index contributed by atoms with van der Waals surface area (Å²) in [6.45, 7) is 2.09. The van der Waals surface area contributed by atoms with Crippen molar-refractivity contribution in [3.05, 3.63) is 60.3 Å². The van der Waals surface area contributed by atoms with Crippen LogP contribution in [0.15, 0.2) is 55.1 Å². The van der Waals surface area contributed by atoms with Crippen molar-refractivity contribution in [3.63, 3.8) is 0 Å². The number of pyridine rings is 3. The summed E-state index contributed by atoms with van der Waals surface area (Å²) in [5.74, 6) is 0.567. The second-order valence-electron chi connectivity index (χ2n) is 8.70. The lowest BCUT2D eigenvalue weighted by Crippen LogP contribution is -2.18. The number of aliphatic hydroxyl groups is 1. The average Bonchev–Trinajstić information content (AvgIpc) is 3.64. The lowest BCUT2D eigenvalue weighted by molar-refractivity contribution is 0.190. The SMILES string of the molecule is CCCCC(O)Nc1cncc(-c2cc3c(-c4nc5c(-c6ccc(F)s6)nccc5[nH]4)n[nH]c3cn2)c1. The van der Waals surface area contributed by atoms with Gasteiger partial charge in [-0.3, -0.25) is 20.1 Å². The second kappa shape index (κ2) is 9.68. The monoisotopic (exact) mass is 514 g/mol. The molecule has 6 aromatic heterocycles. The molecule has 6 rings (SSSR count). The van der Waals surface area contributed by atoms with E-state index in [4.69, 9.17) is 4.98 Å². The van der Waals surface area contributed by atoms with Crippen LogP contribution in [0.3, 0.4) is 0 Å². The molecule has 0 aliphatic rings. The Morgan fingerprint density at radius 1 is 1.08 bits per heavy atom. The van der Waals surface area contributed by atoms with Gasteiger partial charge in [-0.1, -0.05) is 13.3 Å². The number of thiophene rings is 1. The molecular formula is C26H23FN8OS. The first kappa shape index (κ1) is 23.2. The Balaban J connectivity index is 1.36. The zero-order valence-corrected chi connectivity index (χ0v) is 20.7. The van der Waals surface area contributed by atoms with Gasteiger partial charge in [0.05, 0.1) is 39.7 Å². The Morgan fingerprint density at radius 3 is 2.84 bits per heavy atom. The molecule has 37 heavy (non-hydrogen) atoms. The Kier molecular flexibility index (Phi) is 6.07. The molecule has 0 saturated heterocycles. The summed E-state index contributed by atoms with van der Waals surface area (Å²) < 4.78 is 13.7. The lowest BCUT2D eigenvalue weighted by Gasteiger charge is -2.14. The summed E-state index contributed by atoms with van der Waals surface area (Å²) in [7, 11) is 0. The van der Waals surface area contributed by atoms with E-state index in [1.54, 1.807) is 30.9 Å². The third-order valence-corrected chi connectivity index (χ3v) is 6.96. The Labute approximate surface area is 214 Å². The molecule has 0 aromatic carbocycles. The maximum Gasteiger partial charge on any atom is 0.177 e. The van der Waals surface area contributed by atoms with Crippen LogP contribution >= 0.6 is 11.3 Å². The maximum absolute atomic E-state index is 13.7. The van der Waals surface area contributed by atoms with Crippen molar-refractivity contribution in [1.29, 1.82) is 0 Å². The molecule has 0 aliphatic carbocycles. The Bertz CT molecular complexity index is 1710. The van der Waals surface area contributed by atoms with E-state index in [-0.39, 0.29) is 5.13 Å². The van der Waals surface area contributed by atoms with E-state index in [0.29, 0.717) is 39.7 Å². The molecule has 1 unspecified atom stereocenters. The first-order valence-corrected chi connectivity index (χ1v) is 12.8. The van der Waals surface area contributed by atoms with Crippen LogP contribution in [0.2, 0.25) is 0 Å². The number of nitrogens with zero attached hydrogens (tertiary/aromatic N) is 5. The zero-order chi connectivity index (χ0) is 25.4. The van der Waals surface area contributed by atoms with Crippen LogP contribution in [0.25, 0.3) is 55.3 Å². The van der Waals surface area contributed by atoms with Gasteiger partial charge in [-0.25, -0.2) is 4.98 Å². The van der Waals surface area contributed by atoms with Gasteiger partial charge in [-0.2, -0.15) is 9.49 Å². The highest BCUT2D eigenvalue weighted by molar-refractivity contribution is 7.13. The van der Waals surface area contributed by atoms with Crippen molar-refractivity contribution in [2.45, 2.75) is 32.4 Å².